The van der Waals surface area contributed by atoms with Gasteiger partial charge in [0.25, 0.3) is 0 Å². The van der Waals surface area contributed by atoms with Crippen molar-refractivity contribution in [1.82, 2.24) is 4.31 Å². The second kappa shape index (κ2) is 6.18. The molecule has 0 aromatic heterocycles. The third kappa shape index (κ3) is 3.62. The molecule has 0 radical (unpaired) electrons. The van der Waals surface area contributed by atoms with E-state index in [1.807, 2.05) is 0 Å². The molecular formula is C15H21ClN2O3S. The van der Waals surface area contributed by atoms with E-state index < -0.39 is 15.4 Å². The first kappa shape index (κ1) is 17.2. The molecule has 0 aliphatic carbocycles. The normalized spacial score (nSPS) is 16.7. The Morgan fingerprint density at radius 1 is 1.23 bits per heavy atom. The summed E-state index contributed by atoms with van der Waals surface area (Å²) in [6, 6.07) is 4.54. The largest absolute Gasteiger partial charge is 0.326 e. The smallest absolute Gasteiger partial charge is 0.244 e. The van der Waals surface area contributed by atoms with Gasteiger partial charge in [0, 0.05) is 24.2 Å². The van der Waals surface area contributed by atoms with E-state index in [-0.39, 0.29) is 15.8 Å². The Kier molecular flexibility index (Phi) is 4.84. The van der Waals surface area contributed by atoms with E-state index >= 15 is 0 Å². The van der Waals surface area contributed by atoms with Crippen LogP contribution in [0.4, 0.5) is 5.69 Å². The third-order valence-corrected chi connectivity index (χ3v) is 5.93. The highest BCUT2D eigenvalue weighted by Crippen LogP contribution is 2.30. The maximum Gasteiger partial charge on any atom is 0.244 e. The lowest BCUT2D eigenvalue weighted by Gasteiger charge is -2.20. The number of anilines is 1. The summed E-state index contributed by atoms with van der Waals surface area (Å²) in [6.07, 6.45) is 1.72. The standard InChI is InChI=1S/C15H21ClN2O3S/c1-15(2,3)14(19)17-11-6-7-12(16)13(10-11)22(20,21)18-8-4-5-9-18/h6-7,10H,4-5,8-9H2,1-3H3,(H,17,19). The topological polar surface area (TPSA) is 66.5 Å². The SMILES string of the molecule is CC(C)(C)C(=O)Nc1ccc(Cl)c(S(=O)(=O)N2CCCC2)c1. The summed E-state index contributed by atoms with van der Waals surface area (Å²) >= 11 is 6.07. The molecule has 0 bridgehead atoms. The monoisotopic (exact) mass is 344 g/mol. The number of hydrogen-bond donors (Lipinski definition) is 1. The number of sulfonamides is 1. The van der Waals surface area contributed by atoms with Crippen LogP contribution in [0.5, 0.6) is 0 Å². The fourth-order valence-electron chi connectivity index (χ4n) is 2.16. The van der Waals surface area contributed by atoms with Gasteiger partial charge in [-0.2, -0.15) is 4.31 Å². The van der Waals surface area contributed by atoms with Gasteiger partial charge in [-0.1, -0.05) is 32.4 Å². The van der Waals surface area contributed by atoms with Gasteiger partial charge in [-0.3, -0.25) is 4.79 Å². The Bertz CT molecular complexity index is 675. The number of hydrogen-bond acceptors (Lipinski definition) is 3. The Morgan fingerprint density at radius 3 is 2.36 bits per heavy atom. The van der Waals surface area contributed by atoms with Crippen LogP contribution in [0.15, 0.2) is 23.1 Å². The van der Waals surface area contributed by atoms with Gasteiger partial charge in [-0.15, -0.1) is 0 Å². The van der Waals surface area contributed by atoms with Gasteiger partial charge in [0.15, 0.2) is 0 Å². The molecule has 1 aliphatic heterocycles. The van der Waals surface area contributed by atoms with E-state index in [2.05, 4.69) is 5.32 Å². The Labute approximate surface area is 136 Å². The van der Waals surface area contributed by atoms with Crippen molar-refractivity contribution >= 4 is 33.2 Å². The molecular weight excluding hydrogens is 324 g/mol. The highest BCUT2D eigenvalue weighted by molar-refractivity contribution is 7.89. The summed E-state index contributed by atoms with van der Waals surface area (Å²) in [4.78, 5) is 12.1. The maximum atomic E-state index is 12.6. The molecule has 0 saturated carbocycles. The van der Waals surface area contributed by atoms with Gasteiger partial charge in [0.1, 0.15) is 4.90 Å². The zero-order valence-corrected chi connectivity index (χ0v) is 14.6. The minimum absolute atomic E-state index is 0.0442. The molecule has 1 aliphatic rings. The fourth-order valence-corrected chi connectivity index (χ4v) is 4.18. The van der Waals surface area contributed by atoms with Crippen molar-refractivity contribution in [3.8, 4) is 0 Å². The molecule has 1 fully saturated rings. The van der Waals surface area contributed by atoms with Crippen molar-refractivity contribution in [3.05, 3.63) is 23.2 Å². The van der Waals surface area contributed by atoms with Gasteiger partial charge in [0.2, 0.25) is 15.9 Å². The van der Waals surface area contributed by atoms with Crippen LogP contribution >= 0.6 is 11.6 Å². The van der Waals surface area contributed by atoms with Gasteiger partial charge in [-0.05, 0) is 31.0 Å². The summed E-state index contributed by atoms with van der Waals surface area (Å²) in [7, 11) is -3.61. The number of carbonyl (C=O) groups is 1. The minimum atomic E-state index is -3.61. The number of rotatable bonds is 3. The number of benzene rings is 1. The van der Waals surface area contributed by atoms with Crippen molar-refractivity contribution in [2.75, 3.05) is 18.4 Å². The number of nitrogens with one attached hydrogen (secondary N) is 1. The average Bonchev–Trinajstić information content (AvgIpc) is 2.94. The van der Waals surface area contributed by atoms with Crippen molar-refractivity contribution in [2.24, 2.45) is 5.41 Å². The molecule has 1 heterocycles. The molecule has 5 nitrogen and oxygen atoms in total. The Morgan fingerprint density at radius 2 is 1.82 bits per heavy atom. The quantitative estimate of drug-likeness (QED) is 0.916. The first-order valence-electron chi connectivity index (χ1n) is 7.23. The van der Waals surface area contributed by atoms with E-state index in [4.69, 9.17) is 11.6 Å². The van der Waals surface area contributed by atoms with Crippen LogP contribution in [0.25, 0.3) is 0 Å². The molecule has 0 unspecified atom stereocenters. The molecule has 1 amide bonds. The van der Waals surface area contributed by atoms with Crippen LogP contribution in [0.3, 0.4) is 0 Å². The van der Waals surface area contributed by atoms with Crippen LogP contribution < -0.4 is 5.32 Å². The van der Waals surface area contributed by atoms with Gasteiger partial charge in [0.05, 0.1) is 5.02 Å². The molecule has 7 heteroatoms. The Balaban J connectivity index is 2.33. The minimum Gasteiger partial charge on any atom is -0.326 e. The first-order chi connectivity index (χ1) is 10.1. The summed E-state index contributed by atoms with van der Waals surface area (Å²) in [6.45, 7) is 6.40. The lowest BCUT2D eigenvalue weighted by Crippen LogP contribution is -2.29. The highest BCUT2D eigenvalue weighted by atomic mass is 35.5. The van der Waals surface area contributed by atoms with Crippen LogP contribution in [0.2, 0.25) is 5.02 Å². The lowest BCUT2D eigenvalue weighted by molar-refractivity contribution is -0.123. The number of carbonyl (C=O) groups excluding carboxylic acids is 1. The van der Waals surface area contributed by atoms with Crippen molar-refractivity contribution in [3.63, 3.8) is 0 Å². The molecule has 2 rings (SSSR count). The zero-order valence-electron chi connectivity index (χ0n) is 13.0. The Hall–Kier alpha value is -1.11. The second-order valence-electron chi connectivity index (χ2n) is 6.46. The van der Waals surface area contributed by atoms with Gasteiger partial charge in [-0.25, -0.2) is 8.42 Å². The molecule has 1 aromatic carbocycles. The predicted octanol–water partition coefficient (Wildman–Crippen LogP) is 3.11. The number of nitrogens with zero attached hydrogens (tertiary/aromatic N) is 1. The molecule has 0 spiro atoms. The zero-order chi connectivity index (χ0) is 16.5. The number of amides is 1. The highest BCUT2D eigenvalue weighted by Gasteiger charge is 2.29. The van der Waals surface area contributed by atoms with Crippen LogP contribution in [-0.2, 0) is 14.8 Å². The summed E-state index contributed by atoms with van der Waals surface area (Å²) in [5, 5.41) is 2.90. The lowest BCUT2D eigenvalue weighted by atomic mass is 9.95. The van der Waals surface area contributed by atoms with Crippen molar-refractivity contribution < 1.29 is 13.2 Å². The summed E-state index contributed by atoms with van der Waals surface area (Å²) < 4.78 is 26.7. The third-order valence-electron chi connectivity index (χ3n) is 3.55. The van der Waals surface area contributed by atoms with E-state index in [1.54, 1.807) is 26.8 Å². The predicted molar refractivity (Wildman–Crippen MR) is 87.5 cm³/mol. The number of halogens is 1. The second-order valence-corrected chi connectivity index (χ2v) is 8.77. The fraction of sp³-hybridized carbons (Fsp3) is 0.533. The van der Waals surface area contributed by atoms with Crippen molar-refractivity contribution in [1.29, 1.82) is 0 Å². The van der Waals surface area contributed by atoms with Gasteiger partial charge < -0.3 is 5.32 Å². The van der Waals surface area contributed by atoms with E-state index in [0.29, 0.717) is 18.8 Å². The summed E-state index contributed by atoms with van der Waals surface area (Å²) in [5.41, 5.74) is -0.129. The average molecular weight is 345 g/mol. The van der Waals surface area contributed by atoms with Crippen LogP contribution in [-0.4, -0.2) is 31.7 Å². The van der Waals surface area contributed by atoms with E-state index in [9.17, 15) is 13.2 Å². The van der Waals surface area contributed by atoms with E-state index in [1.165, 1.54) is 16.4 Å². The van der Waals surface area contributed by atoms with Crippen LogP contribution in [0.1, 0.15) is 33.6 Å². The van der Waals surface area contributed by atoms with Crippen molar-refractivity contribution in [2.45, 2.75) is 38.5 Å². The molecule has 122 valence electrons. The van der Waals surface area contributed by atoms with E-state index in [0.717, 1.165) is 12.8 Å². The first-order valence-corrected chi connectivity index (χ1v) is 9.05. The molecule has 1 saturated heterocycles. The van der Waals surface area contributed by atoms with Crippen LogP contribution in [0, 0.1) is 5.41 Å². The molecule has 0 atom stereocenters. The molecule has 1 aromatic rings. The molecule has 22 heavy (non-hydrogen) atoms. The van der Waals surface area contributed by atoms with Gasteiger partial charge >= 0.3 is 0 Å². The molecule has 1 N–H and O–H groups in total. The summed E-state index contributed by atoms with van der Waals surface area (Å²) in [5.74, 6) is -0.181. The maximum absolute atomic E-state index is 12.6.